The first-order chi connectivity index (χ1) is 18.7. The molecule has 0 bridgehead atoms. The smallest absolute Gasteiger partial charge is 0.272 e. The molecule has 200 valence electrons. The number of nitrogens with zero attached hydrogens (tertiary/aromatic N) is 3. The van der Waals surface area contributed by atoms with Crippen LogP contribution in [0.25, 0.3) is 16.9 Å². The maximum absolute atomic E-state index is 14.4. The van der Waals surface area contributed by atoms with Crippen LogP contribution in [0.4, 0.5) is 20.4 Å². The molecular weight excluding hydrogens is 530 g/mol. The number of amides is 2. The fourth-order valence-corrected chi connectivity index (χ4v) is 4.61. The van der Waals surface area contributed by atoms with Gasteiger partial charge in [0, 0.05) is 23.7 Å². The van der Waals surface area contributed by atoms with Crippen LogP contribution in [0.15, 0.2) is 60.7 Å². The second kappa shape index (κ2) is 10.8. The minimum Gasteiger partial charge on any atom is -0.393 e. The van der Waals surface area contributed by atoms with Crippen molar-refractivity contribution in [1.29, 1.82) is 0 Å². The van der Waals surface area contributed by atoms with Gasteiger partial charge >= 0.3 is 0 Å². The Hall–Kier alpha value is -4.35. The highest BCUT2D eigenvalue weighted by molar-refractivity contribution is 6.34. The standard InChI is InChI=1S/C27H23ClF2N6O3/c28-19-9-6-14(24-20(29)12-21(30)25(31)34-24)10-18(19)26(38)33-23-13-22(27(39)32-15-7-8-17(37)11-15)35-36(23)16-4-2-1-3-5-16/h1-6,9-10,12-13,15,17,37H,7-8,11H2,(H2,31,34)(H,32,39)(H,33,38)/t15-,17+/m1/s1. The molecule has 0 spiro atoms. The van der Waals surface area contributed by atoms with Gasteiger partial charge in [-0.2, -0.15) is 5.10 Å². The molecule has 39 heavy (non-hydrogen) atoms. The van der Waals surface area contributed by atoms with Gasteiger partial charge in [0.15, 0.2) is 23.1 Å². The number of anilines is 2. The SMILES string of the molecule is Nc1nc(-c2ccc(Cl)c(C(=O)Nc3cc(C(=O)N[C@@H]4CC[C@H](O)C4)nn3-c3ccccc3)c2)c(F)cc1F. The largest absolute Gasteiger partial charge is 0.393 e. The Kier molecular flexibility index (Phi) is 7.27. The van der Waals surface area contributed by atoms with Crippen molar-refractivity contribution in [3.8, 4) is 16.9 Å². The second-order valence-electron chi connectivity index (χ2n) is 9.13. The molecule has 0 radical (unpaired) electrons. The molecule has 0 saturated heterocycles. The van der Waals surface area contributed by atoms with E-state index in [0.717, 1.165) is 0 Å². The minimum atomic E-state index is -0.999. The third kappa shape index (κ3) is 5.59. The number of nitrogens with two attached hydrogens (primary N) is 1. The van der Waals surface area contributed by atoms with Gasteiger partial charge in [0.25, 0.3) is 11.8 Å². The maximum atomic E-state index is 14.4. The lowest BCUT2D eigenvalue weighted by molar-refractivity contribution is 0.0927. The average molecular weight is 553 g/mol. The van der Waals surface area contributed by atoms with Gasteiger partial charge in [-0.05, 0) is 43.5 Å². The summed E-state index contributed by atoms with van der Waals surface area (Å²) in [4.78, 5) is 30.0. The molecule has 2 aromatic heterocycles. The number of nitrogen functional groups attached to an aromatic ring is 1. The van der Waals surface area contributed by atoms with E-state index in [1.54, 1.807) is 24.3 Å². The summed E-state index contributed by atoms with van der Waals surface area (Å²) in [6.07, 6.45) is 1.26. The predicted octanol–water partition coefficient (Wildman–Crippen LogP) is 4.34. The Morgan fingerprint density at radius 3 is 2.51 bits per heavy atom. The maximum Gasteiger partial charge on any atom is 0.272 e. The van der Waals surface area contributed by atoms with Crippen LogP contribution in [0.5, 0.6) is 0 Å². The number of carbonyl (C=O) groups is 2. The average Bonchev–Trinajstić information content (AvgIpc) is 3.53. The van der Waals surface area contributed by atoms with E-state index in [4.69, 9.17) is 17.3 Å². The van der Waals surface area contributed by atoms with Gasteiger partial charge in [0.1, 0.15) is 11.5 Å². The van der Waals surface area contributed by atoms with Gasteiger partial charge in [-0.15, -0.1) is 0 Å². The summed E-state index contributed by atoms with van der Waals surface area (Å²) in [7, 11) is 0. The molecule has 1 aliphatic carbocycles. The van der Waals surface area contributed by atoms with Gasteiger partial charge in [-0.25, -0.2) is 18.4 Å². The molecule has 9 nitrogen and oxygen atoms in total. The van der Waals surface area contributed by atoms with Crippen LogP contribution in [-0.4, -0.2) is 43.8 Å². The third-order valence-electron chi connectivity index (χ3n) is 6.37. The van der Waals surface area contributed by atoms with Gasteiger partial charge in [0.2, 0.25) is 0 Å². The Bertz CT molecular complexity index is 1560. The summed E-state index contributed by atoms with van der Waals surface area (Å²) in [5, 5.41) is 19.8. The van der Waals surface area contributed by atoms with Crippen LogP contribution in [0.1, 0.15) is 40.1 Å². The van der Waals surface area contributed by atoms with Crippen molar-refractivity contribution >= 4 is 35.1 Å². The van der Waals surface area contributed by atoms with Crippen LogP contribution in [0.3, 0.4) is 0 Å². The van der Waals surface area contributed by atoms with Crippen molar-refractivity contribution in [2.75, 3.05) is 11.1 Å². The quantitative estimate of drug-likeness (QED) is 0.281. The zero-order chi connectivity index (χ0) is 27.7. The van der Waals surface area contributed by atoms with Crippen molar-refractivity contribution in [3.05, 3.63) is 88.6 Å². The van der Waals surface area contributed by atoms with Crippen molar-refractivity contribution < 1.29 is 23.5 Å². The Morgan fingerprint density at radius 2 is 1.79 bits per heavy atom. The molecule has 5 N–H and O–H groups in total. The highest BCUT2D eigenvalue weighted by atomic mass is 35.5. The number of rotatable bonds is 6. The van der Waals surface area contributed by atoms with E-state index in [9.17, 15) is 23.5 Å². The molecule has 12 heteroatoms. The lowest BCUT2D eigenvalue weighted by Crippen LogP contribution is -2.33. The molecule has 4 aromatic rings. The molecule has 2 amide bonds. The molecule has 0 unspecified atom stereocenters. The van der Waals surface area contributed by atoms with Crippen LogP contribution < -0.4 is 16.4 Å². The van der Waals surface area contributed by atoms with Gasteiger partial charge in [-0.1, -0.05) is 35.9 Å². The number of aromatic nitrogens is 3. The fourth-order valence-electron chi connectivity index (χ4n) is 4.41. The molecule has 2 atom stereocenters. The Morgan fingerprint density at radius 1 is 1.03 bits per heavy atom. The Labute approximate surface area is 226 Å². The fraction of sp³-hybridized carbons (Fsp3) is 0.185. The van der Waals surface area contributed by atoms with Crippen molar-refractivity contribution in [3.63, 3.8) is 0 Å². The van der Waals surface area contributed by atoms with Gasteiger partial charge in [0.05, 0.1) is 22.4 Å². The number of halogens is 3. The summed E-state index contributed by atoms with van der Waals surface area (Å²) < 4.78 is 29.4. The summed E-state index contributed by atoms with van der Waals surface area (Å²) in [6.45, 7) is 0. The number of aliphatic hydroxyl groups excluding tert-OH is 1. The minimum absolute atomic E-state index is 0.0231. The molecule has 2 aromatic carbocycles. The van der Waals surface area contributed by atoms with Crippen molar-refractivity contribution in [2.45, 2.75) is 31.4 Å². The van der Waals surface area contributed by atoms with E-state index in [1.807, 2.05) is 6.07 Å². The number of aliphatic hydroxyl groups is 1. The zero-order valence-corrected chi connectivity index (χ0v) is 21.1. The molecule has 0 aliphatic heterocycles. The van der Waals surface area contributed by atoms with E-state index in [-0.39, 0.29) is 39.4 Å². The molecule has 1 saturated carbocycles. The summed E-state index contributed by atoms with van der Waals surface area (Å²) >= 11 is 6.29. The van der Waals surface area contributed by atoms with Crippen molar-refractivity contribution in [1.82, 2.24) is 20.1 Å². The van der Waals surface area contributed by atoms with Gasteiger partial charge in [-0.3, -0.25) is 9.59 Å². The summed E-state index contributed by atoms with van der Waals surface area (Å²) in [5.74, 6) is -3.38. The molecule has 2 heterocycles. The molecule has 1 fully saturated rings. The number of pyridine rings is 1. The number of hydrogen-bond donors (Lipinski definition) is 4. The van der Waals surface area contributed by atoms with E-state index in [2.05, 4.69) is 20.7 Å². The molecule has 5 rings (SSSR count). The summed E-state index contributed by atoms with van der Waals surface area (Å²) in [6, 6.07) is 14.8. The lowest BCUT2D eigenvalue weighted by Gasteiger charge is -2.11. The Balaban J connectivity index is 1.46. The number of benzene rings is 2. The van der Waals surface area contributed by atoms with Crippen LogP contribution in [0.2, 0.25) is 5.02 Å². The van der Waals surface area contributed by atoms with Crippen LogP contribution in [-0.2, 0) is 0 Å². The van der Waals surface area contributed by atoms with E-state index >= 15 is 0 Å². The topological polar surface area (TPSA) is 135 Å². The first kappa shape index (κ1) is 26.3. The predicted molar refractivity (Wildman–Crippen MR) is 142 cm³/mol. The first-order valence-corrected chi connectivity index (χ1v) is 12.4. The number of hydrogen-bond acceptors (Lipinski definition) is 6. The van der Waals surface area contributed by atoms with E-state index in [1.165, 1.54) is 28.9 Å². The molecular formula is C27H23ClF2N6O3. The number of carbonyl (C=O) groups excluding carboxylic acids is 2. The second-order valence-corrected chi connectivity index (χ2v) is 9.54. The highest BCUT2D eigenvalue weighted by Crippen LogP contribution is 2.29. The van der Waals surface area contributed by atoms with E-state index in [0.29, 0.717) is 31.0 Å². The zero-order valence-electron chi connectivity index (χ0n) is 20.4. The monoisotopic (exact) mass is 552 g/mol. The van der Waals surface area contributed by atoms with Crippen molar-refractivity contribution in [2.24, 2.45) is 0 Å². The lowest BCUT2D eigenvalue weighted by atomic mass is 10.1. The third-order valence-corrected chi connectivity index (χ3v) is 6.70. The van der Waals surface area contributed by atoms with Gasteiger partial charge < -0.3 is 21.5 Å². The number of para-hydroxylation sites is 1. The molecule has 1 aliphatic rings. The summed E-state index contributed by atoms with van der Waals surface area (Å²) in [5.41, 5.74) is 6.03. The normalized spacial score (nSPS) is 16.7. The van der Waals surface area contributed by atoms with E-state index < -0.39 is 35.4 Å². The number of nitrogens with one attached hydrogen (secondary N) is 2. The first-order valence-electron chi connectivity index (χ1n) is 12.1. The van der Waals surface area contributed by atoms with Crippen LogP contribution in [0, 0.1) is 11.6 Å². The van der Waals surface area contributed by atoms with Crippen LogP contribution >= 0.6 is 11.6 Å². The highest BCUT2D eigenvalue weighted by Gasteiger charge is 2.26.